The summed E-state index contributed by atoms with van der Waals surface area (Å²) in [6.07, 6.45) is 2.09. The summed E-state index contributed by atoms with van der Waals surface area (Å²) in [5.41, 5.74) is 5.41. The molecule has 106 valence electrons. The fraction of sp³-hybridized carbons (Fsp3) is 0.923. The number of rotatable bonds is 6. The molecule has 0 bridgehead atoms. The lowest BCUT2D eigenvalue weighted by Crippen LogP contribution is -2.37. The van der Waals surface area contributed by atoms with E-state index in [1.165, 1.54) is 0 Å². The summed E-state index contributed by atoms with van der Waals surface area (Å²) in [5, 5.41) is 16.5. The number of aliphatic hydroxyl groups excluding tert-OH is 1. The van der Waals surface area contributed by atoms with Gasteiger partial charge in [-0.25, -0.2) is 0 Å². The van der Waals surface area contributed by atoms with Gasteiger partial charge in [0.05, 0.1) is 12.4 Å². The molecule has 0 unspecified atom stereocenters. The van der Waals surface area contributed by atoms with E-state index in [0.29, 0.717) is 0 Å². The molecule has 0 amide bonds. The smallest absolute Gasteiger partial charge is 0.0963 e. The highest BCUT2D eigenvalue weighted by Gasteiger charge is 2.23. The summed E-state index contributed by atoms with van der Waals surface area (Å²) in [4.78, 5) is 4.76. The highest BCUT2D eigenvalue weighted by atomic mass is 16.3. The number of β-amino-alcohol motifs (C(OH)–C–C–N with tert-alkyl or cyclic N) is 1. The maximum Gasteiger partial charge on any atom is 0.0963 e. The monoisotopic (exact) mass is 256 g/mol. The first kappa shape index (κ1) is 15.4. The van der Waals surface area contributed by atoms with Crippen molar-refractivity contribution in [2.75, 3.05) is 45.9 Å². The van der Waals surface area contributed by atoms with Gasteiger partial charge in [-0.3, -0.25) is 10.3 Å². The highest BCUT2D eigenvalue weighted by molar-refractivity contribution is 5.82. The van der Waals surface area contributed by atoms with E-state index in [2.05, 4.69) is 9.80 Å². The Kier molecular flexibility index (Phi) is 6.05. The minimum absolute atomic E-state index is 0.197. The van der Waals surface area contributed by atoms with Crippen molar-refractivity contribution < 1.29 is 5.11 Å². The van der Waals surface area contributed by atoms with Crippen LogP contribution in [0, 0.1) is 10.8 Å². The summed E-state index contributed by atoms with van der Waals surface area (Å²) in [6, 6.07) is 0. The predicted octanol–water partition coefficient (Wildman–Crippen LogP) is 0.339. The molecule has 1 rings (SSSR count). The molecule has 0 saturated carbocycles. The van der Waals surface area contributed by atoms with Gasteiger partial charge in [0.2, 0.25) is 0 Å². The first-order valence-corrected chi connectivity index (χ1v) is 6.86. The zero-order valence-corrected chi connectivity index (χ0v) is 11.8. The van der Waals surface area contributed by atoms with E-state index < -0.39 is 0 Å². The van der Waals surface area contributed by atoms with Crippen LogP contribution in [-0.4, -0.2) is 66.6 Å². The molecule has 0 aromatic carbocycles. The van der Waals surface area contributed by atoms with Crippen LogP contribution in [0.5, 0.6) is 0 Å². The summed E-state index contributed by atoms with van der Waals surface area (Å²) >= 11 is 0. The van der Waals surface area contributed by atoms with Crippen LogP contribution in [0.15, 0.2) is 0 Å². The number of aliphatic hydroxyl groups is 1. The normalized spacial score (nSPS) is 19.7. The molecular formula is C13H28N4O. The largest absolute Gasteiger partial charge is 0.395 e. The first-order valence-electron chi connectivity index (χ1n) is 6.86. The van der Waals surface area contributed by atoms with Gasteiger partial charge in [-0.05, 0) is 32.5 Å². The Labute approximate surface area is 110 Å². The van der Waals surface area contributed by atoms with Gasteiger partial charge in [-0.1, -0.05) is 13.8 Å². The molecule has 0 aromatic rings. The number of hydrogen-bond donors (Lipinski definition) is 3. The van der Waals surface area contributed by atoms with Crippen LogP contribution in [0.2, 0.25) is 0 Å². The van der Waals surface area contributed by atoms with Crippen molar-refractivity contribution in [3.63, 3.8) is 0 Å². The van der Waals surface area contributed by atoms with Crippen molar-refractivity contribution in [1.29, 1.82) is 5.41 Å². The number of hydrogen-bond acceptors (Lipinski definition) is 4. The molecule has 1 saturated heterocycles. The van der Waals surface area contributed by atoms with Gasteiger partial charge in [-0.2, -0.15) is 0 Å². The average Bonchev–Trinajstić information content (AvgIpc) is 2.52. The second-order valence-corrected chi connectivity index (χ2v) is 5.81. The number of nitrogens with two attached hydrogens (primary N) is 1. The Bertz CT molecular complexity index is 268. The zero-order chi connectivity index (χ0) is 13.6. The van der Waals surface area contributed by atoms with E-state index in [4.69, 9.17) is 16.2 Å². The number of amidine groups is 1. The topological polar surface area (TPSA) is 76.6 Å². The summed E-state index contributed by atoms with van der Waals surface area (Å²) in [6.45, 7) is 10.4. The molecule has 1 fully saturated rings. The Hall–Kier alpha value is -0.650. The lowest BCUT2D eigenvalue weighted by Gasteiger charge is -2.27. The molecule has 1 aliphatic rings. The predicted molar refractivity (Wildman–Crippen MR) is 74.9 cm³/mol. The minimum Gasteiger partial charge on any atom is -0.395 e. The van der Waals surface area contributed by atoms with Gasteiger partial charge in [0.1, 0.15) is 0 Å². The maximum atomic E-state index is 8.95. The van der Waals surface area contributed by atoms with Gasteiger partial charge in [0.25, 0.3) is 0 Å². The van der Waals surface area contributed by atoms with Crippen molar-refractivity contribution in [2.24, 2.45) is 11.1 Å². The Morgan fingerprint density at radius 3 is 2.22 bits per heavy atom. The fourth-order valence-electron chi connectivity index (χ4n) is 2.19. The molecule has 1 heterocycles. The van der Waals surface area contributed by atoms with E-state index in [1.54, 1.807) is 0 Å². The van der Waals surface area contributed by atoms with E-state index >= 15 is 0 Å². The van der Waals surface area contributed by atoms with Crippen molar-refractivity contribution >= 4 is 5.84 Å². The molecule has 5 nitrogen and oxygen atoms in total. The van der Waals surface area contributed by atoms with E-state index in [0.717, 1.165) is 52.1 Å². The highest BCUT2D eigenvalue weighted by Crippen LogP contribution is 2.20. The summed E-state index contributed by atoms with van der Waals surface area (Å²) < 4.78 is 0. The standard InChI is InChI=1S/C13H28N4O/c1-13(2,12(14)15)4-7-16-5-3-6-17(9-8-16)10-11-18/h18H,3-11H2,1-2H3,(H3,14,15). The third kappa shape index (κ3) is 4.92. The summed E-state index contributed by atoms with van der Waals surface area (Å²) in [5.74, 6) is 0.277. The van der Waals surface area contributed by atoms with Crippen molar-refractivity contribution in [3.05, 3.63) is 0 Å². The maximum absolute atomic E-state index is 8.95. The van der Waals surface area contributed by atoms with Crippen LogP contribution in [-0.2, 0) is 0 Å². The second-order valence-electron chi connectivity index (χ2n) is 5.81. The molecule has 0 atom stereocenters. The van der Waals surface area contributed by atoms with Crippen LogP contribution < -0.4 is 5.73 Å². The zero-order valence-electron chi connectivity index (χ0n) is 11.8. The van der Waals surface area contributed by atoms with Crippen LogP contribution in [0.4, 0.5) is 0 Å². The first-order chi connectivity index (χ1) is 8.45. The van der Waals surface area contributed by atoms with Crippen molar-refractivity contribution in [2.45, 2.75) is 26.7 Å². The molecule has 4 N–H and O–H groups in total. The van der Waals surface area contributed by atoms with E-state index in [9.17, 15) is 0 Å². The van der Waals surface area contributed by atoms with Gasteiger partial charge < -0.3 is 15.7 Å². The van der Waals surface area contributed by atoms with E-state index in [-0.39, 0.29) is 17.9 Å². The van der Waals surface area contributed by atoms with Gasteiger partial charge in [0, 0.05) is 25.0 Å². The van der Waals surface area contributed by atoms with Crippen LogP contribution in [0.25, 0.3) is 0 Å². The quantitative estimate of drug-likeness (QED) is 0.473. The Balaban J connectivity index is 2.33. The van der Waals surface area contributed by atoms with Gasteiger partial charge in [-0.15, -0.1) is 0 Å². The SMILES string of the molecule is CC(C)(CCN1CCCN(CCO)CC1)C(=N)N. The molecule has 0 spiro atoms. The molecule has 18 heavy (non-hydrogen) atoms. The average molecular weight is 256 g/mol. The Morgan fingerprint density at radius 2 is 1.72 bits per heavy atom. The Morgan fingerprint density at radius 1 is 1.17 bits per heavy atom. The van der Waals surface area contributed by atoms with Gasteiger partial charge in [0.15, 0.2) is 0 Å². The van der Waals surface area contributed by atoms with Gasteiger partial charge >= 0.3 is 0 Å². The van der Waals surface area contributed by atoms with Crippen molar-refractivity contribution in [1.82, 2.24) is 9.80 Å². The third-order valence-corrected chi connectivity index (χ3v) is 3.88. The van der Waals surface area contributed by atoms with Crippen LogP contribution in [0.3, 0.4) is 0 Å². The molecular weight excluding hydrogens is 228 g/mol. The fourth-order valence-corrected chi connectivity index (χ4v) is 2.19. The minimum atomic E-state index is -0.197. The molecule has 0 aliphatic carbocycles. The number of nitrogens with zero attached hydrogens (tertiary/aromatic N) is 2. The van der Waals surface area contributed by atoms with Crippen LogP contribution >= 0.6 is 0 Å². The third-order valence-electron chi connectivity index (χ3n) is 3.88. The molecule has 1 aliphatic heterocycles. The lowest BCUT2D eigenvalue weighted by molar-refractivity contribution is 0.194. The van der Waals surface area contributed by atoms with Crippen LogP contribution in [0.1, 0.15) is 26.7 Å². The lowest BCUT2D eigenvalue weighted by atomic mass is 9.88. The van der Waals surface area contributed by atoms with E-state index in [1.807, 2.05) is 13.8 Å². The summed E-state index contributed by atoms with van der Waals surface area (Å²) in [7, 11) is 0. The second kappa shape index (κ2) is 7.07. The molecule has 5 heteroatoms. The molecule has 0 aromatic heterocycles. The molecule has 0 radical (unpaired) electrons. The van der Waals surface area contributed by atoms with Crippen molar-refractivity contribution in [3.8, 4) is 0 Å². The number of nitrogens with one attached hydrogen (secondary N) is 1.